The number of hydrogen-bond donors (Lipinski definition) is 1. The highest BCUT2D eigenvalue weighted by Crippen LogP contribution is 2.30. The minimum absolute atomic E-state index is 0.0989. The maximum Gasteiger partial charge on any atom is 0.267 e. The Morgan fingerprint density at radius 2 is 1.94 bits per heavy atom. The van der Waals surface area contributed by atoms with Crippen LogP contribution < -0.4 is 20.1 Å². The molecular weight excluding hydrogens is 432 g/mol. The van der Waals surface area contributed by atoms with E-state index in [1.54, 1.807) is 11.1 Å². The summed E-state index contributed by atoms with van der Waals surface area (Å²) in [6.45, 7) is 0.644. The Balaban J connectivity index is 1.31. The zero-order chi connectivity index (χ0) is 23.1. The third-order valence-electron chi connectivity index (χ3n) is 6.38. The summed E-state index contributed by atoms with van der Waals surface area (Å²) < 4.78 is 13.8. The van der Waals surface area contributed by atoms with Crippen molar-refractivity contribution in [2.45, 2.75) is 31.8 Å². The topological polar surface area (TPSA) is 108 Å². The number of nitrogens with two attached hydrogens (primary N) is 1. The van der Waals surface area contributed by atoms with Gasteiger partial charge in [0.2, 0.25) is 5.88 Å². The van der Waals surface area contributed by atoms with Gasteiger partial charge < -0.3 is 24.7 Å². The number of nitrogens with zero attached hydrogens (tertiary/aromatic N) is 5. The summed E-state index contributed by atoms with van der Waals surface area (Å²) in [6, 6.07) is 12.0. The molecule has 172 valence electrons. The zero-order valence-electron chi connectivity index (χ0n) is 18.6. The molecule has 0 spiro atoms. The van der Waals surface area contributed by atoms with E-state index >= 15 is 0 Å². The van der Waals surface area contributed by atoms with Crippen molar-refractivity contribution in [2.75, 3.05) is 23.8 Å². The van der Waals surface area contributed by atoms with Gasteiger partial charge in [0.25, 0.3) is 5.91 Å². The largest absolute Gasteiger partial charge is 0.490 e. The van der Waals surface area contributed by atoms with Crippen molar-refractivity contribution >= 4 is 28.4 Å². The van der Waals surface area contributed by atoms with E-state index in [9.17, 15) is 4.79 Å². The highest BCUT2D eigenvalue weighted by molar-refractivity contribution is 6.11. The number of nitrogen functional groups attached to an aromatic ring is 1. The monoisotopic (exact) mass is 456 g/mol. The van der Waals surface area contributed by atoms with Crippen LogP contribution >= 0.6 is 0 Å². The summed E-state index contributed by atoms with van der Waals surface area (Å²) >= 11 is 0. The van der Waals surface area contributed by atoms with Gasteiger partial charge in [-0.25, -0.2) is 15.0 Å². The van der Waals surface area contributed by atoms with Gasteiger partial charge in [-0.15, -0.1) is 0 Å². The maximum absolute atomic E-state index is 13.2. The van der Waals surface area contributed by atoms with Crippen molar-refractivity contribution in [3.05, 3.63) is 60.7 Å². The van der Waals surface area contributed by atoms with Crippen molar-refractivity contribution in [3.8, 4) is 17.3 Å². The Kier molecular flexibility index (Phi) is 5.01. The predicted octanol–water partition coefficient (Wildman–Crippen LogP) is 3.76. The van der Waals surface area contributed by atoms with Crippen LogP contribution in [0.2, 0.25) is 0 Å². The number of carbonyl (C=O) groups is 1. The first kappa shape index (κ1) is 20.5. The van der Waals surface area contributed by atoms with Crippen LogP contribution in [0.25, 0.3) is 16.7 Å². The number of fused-ring (bicyclic) bond motifs is 2. The van der Waals surface area contributed by atoms with Gasteiger partial charge >= 0.3 is 0 Å². The molecule has 6 rings (SSSR count). The van der Waals surface area contributed by atoms with Gasteiger partial charge in [-0.2, -0.15) is 0 Å². The third kappa shape index (κ3) is 3.59. The van der Waals surface area contributed by atoms with Crippen LogP contribution in [0.4, 0.5) is 11.5 Å². The molecule has 4 heterocycles. The fourth-order valence-electron chi connectivity index (χ4n) is 4.68. The highest BCUT2D eigenvalue weighted by atomic mass is 16.5. The number of amides is 1. The van der Waals surface area contributed by atoms with Gasteiger partial charge in [0.05, 0.1) is 30.2 Å². The molecule has 1 aliphatic heterocycles. The highest BCUT2D eigenvalue weighted by Gasteiger charge is 2.29. The molecule has 1 amide bonds. The zero-order valence-corrected chi connectivity index (χ0v) is 18.6. The van der Waals surface area contributed by atoms with Gasteiger partial charge in [-0.3, -0.25) is 4.79 Å². The molecule has 0 saturated heterocycles. The quantitative estimate of drug-likeness (QED) is 0.498. The second-order valence-corrected chi connectivity index (χ2v) is 8.56. The number of benzene rings is 1. The second-order valence-electron chi connectivity index (χ2n) is 8.56. The fourth-order valence-corrected chi connectivity index (χ4v) is 4.68. The van der Waals surface area contributed by atoms with Crippen molar-refractivity contribution < 1.29 is 14.3 Å². The van der Waals surface area contributed by atoms with Crippen molar-refractivity contribution in [1.82, 2.24) is 19.5 Å². The van der Waals surface area contributed by atoms with E-state index in [-0.39, 0.29) is 23.2 Å². The van der Waals surface area contributed by atoms with Crippen LogP contribution in [0, 0.1) is 0 Å². The number of aromatic nitrogens is 4. The molecule has 9 heteroatoms. The molecule has 1 saturated carbocycles. The summed E-state index contributed by atoms with van der Waals surface area (Å²) in [5.41, 5.74) is 8.56. The van der Waals surface area contributed by atoms with Crippen LogP contribution in [-0.4, -0.2) is 44.7 Å². The lowest BCUT2D eigenvalue weighted by Crippen LogP contribution is -2.32. The summed E-state index contributed by atoms with van der Waals surface area (Å²) in [5.74, 6) is 0.876. The molecule has 0 atom stereocenters. The van der Waals surface area contributed by atoms with E-state index in [1.165, 1.54) is 19.2 Å². The number of hydrogen-bond acceptors (Lipinski definition) is 7. The average Bonchev–Trinajstić information content (AvgIpc) is 3.47. The number of ether oxygens (including phenoxy) is 2. The van der Waals surface area contributed by atoms with Crippen LogP contribution in [0.3, 0.4) is 0 Å². The molecule has 1 aliphatic carbocycles. The predicted molar refractivity (Wildman–Crippen MR) is 128 cm³/mol. The summed E-state index contributed by atoms with van der Waals surface area (Å²) in [6.07, 6.45) is 9.96. The Bertz CT molecular complexity index is 1380. The van der Waals surface area contributed by atoms with Gasteiger partial charge in [-0.05, 0) is 49.9 Å². The Labute approximate surface area is 196 Å². The molecular formula is C25H24N6O3. The first-order chi connectivity index (χ1) is 16.7. The van der Waals surface area contributed by atoms with Crippen molar-refractivity contribution in [3.63, 3.8) is 0 Å². The lowest BCUT2D eigenvalue weighted by molar-refractivity contribution is 0.0990. The molecule has 4 aromatic rings. The normalized spacial score (nSPS) is 16.4. The van der Waals surface area contributed by atoms with Gasteiger partial charge in [-0.1, -0.05) is 6.07 Å². The molecule has 2 N–H and O–H groups in total. The van der Waals surface area contributed by atoms with Crippen LogP contribution in [0.5, 0.6) is 11.6 Å². The summed E-state index contributed by atoms with van der Waals surface area (Å²) in [4.78, 5) is 27.5. The van der Waals surface area contributed by atoms with Crippen LogP contribution in [0.1, 0.15) is 36.0 Å². The number of rotatable bonds is 4. The van der Waals surface area contributed by atoms with Gasteiger partial charge in [0.15, 0.2) is 0 Å². The van der Waals surface area contributed by atoms with Crippen LogP contribution in [0.15, 0.2) is 55.1 Å². The maximum atomic E-state index is 13.2. The minimum Gasteiger partial charge on any atom is -0.490 e. The van der Waals surface area contributed by atoms with E-state index < -0.39 is 0 Å². The second kappa shape index (κ2) is 8.33. The Morgan fingerprint density at radius 1 is 1.06 bits per heavy atom. The SMILES string of the molecule is Nc1ncnc2c1C(=O)N(c1cnc3c(ccn3-c3cccc(OC4CCCC4)c3)c1)CCO2. The number of carbonyl (C=O) groups excluding carboxylic acids is 1. The molecule has 9 nitrogen and oxygen atoms in total. The van der Waals surface area contributed by atoms with E-state index in [0.717, 1.165) is 35.3 Å². The standard InChI is InChI=1S/C25H24N6O3/c26-22-21-24(29-15-28-22)33-11-10-31(25(21)32)18-12-16-8-9-30(23(16)27-14-18)17-4-3-7-20(13-17)34-19-5-1-2-6-19/h3-4,7-9,12-15,19H,1-2,5-6,10-11H2,(H2,26,28,29). The van der Waals surface area contributed by atoms with E-state index in [1.807, 2.05) is 47.2 Å². The Hall–Kier alpha value is -4.14. The Morgan fingerprint density at radius 3 is 2.82 bits per heavy atom. The lowest BCUT2D eigenvalue weighted by atomic mass is 10.2. The van der Waals surface area contributed by atoms with Crippen molar-refractivity contribution in [1.29, 1.82) is 0 Å². The van der Waals surface area contributed by atoms with E-state index in [4.69, 9.17) is 20.2 Å². The van der Waals surface area contributed by atoms with Crippen LogP contribution in [-0.2, 0) is 0 Å². The molecule has 3 aromatic heterocycles. The first-order valence-corrected chi connectivity index (χ1v) is 11.5. The molecule has 0 radical (unpaired) electrons. The van der Waals surface area contributed by atoms with Gasteiger partial charge in [0, 0.05) is 17.6 Å². The first-order valence-electron chi connectivity index (χ1n) is 11.5. The van der Waals surface area contributed by atoms with E-state index in [0.29, 0.717) is 24.9 Å². The minimum atomic E-state index is -0.303. The number of pyridine rings is 1. The fraction of sp³-hybridized carbons (Fsp3) is 0.280. The smallest absolute Gasteiger partial charge is 0.267 e. The summed E-state index contributed by atoms with van der Waals surface area (Å²) in [7, 11) is 0. The van der Waals surface area contributed by atoms with E-state index in [2.05, 4.69) is 9.97 Å². The molecule has 2 aliphatic rings. The molecule has 0 unspecified atom stereocenters. The number of anilines is 2. The molecule has 1 fully saturated rings. The molecule has 34 heavy (non-hydrogen) atoms. The molecule has 0 bridgehead atoms. The van der Waals surface area contributed by atoms with Gasteiger partial charge in [0.1, 0.15) is 35.7 Å². The van der Waals surface area contributed by atoms with Crippen molar-refractivity contribution in [2.24, 2.45) is 0 Å². The summed E-state index contributed by atoms with van der Waals surface area (Å²) in [5, 5.41) is 0.912. The molecule has 1 aromatic carbocycles. The lowest BCUT2D eigenvalue weighted by Gasteiger charge is -2.20. The third-order valence-corrected chi connectivity index (χ3v) is 6.38. The average molecular weight is 457 g/mol.